The van der Waals surface area contributed by atoms with Crippen molar-refractivity contribution in [1.29, 1.82) is 5.41 Å². The summed E-state index contributed by atoms with van der Waals surface area (Å²) < 4.78 is 0. The molecule has 1 N–H and O–H groups in total. The van der Waals surface area contributed by atoms with Crippen molar-refractivity contribution in [2.45, 2.75) is 20.3 Å². The summed E-state index contributed by atoms with van der Waals surface area (Å²) in [7, 11) is 0. The highest BCUT2D eigenvalue weighted by atomic mass is 14.4. The molecule has 0 aromatic rings. The highest BCUT2D eigenvalue weighted by Crippen LogP contribution is 2.09. The molecule has 0 spiro atoms. The van der Waals surface area contributed by atoms with Crippen molar-refractivity contribution in [2.24, 2.45) is 5.92 Å². The van der Waals surface area contributed by atoms with Gasteiger partial charge in [-0.1, -0.05) is 45.6 Å². The van der Waals surface area contributed by atoms with Gasteiger partial charge in [0.25, 0.3) is 0 Å². The lowest BCUT2D eigenvalue weighted by atomic mass is 10.0. The molecular formula is C11H17N. The maximum absolute atomic E-state index is 7.51. The van der Waals surface area contributed by atoms with Crippen LogP contribution in [0.4, 0.5) is 0 Å². The zero-order chi connectivity index (χ0) is 9.56. The number of hydrogen-bond acceptors (Lipinski definition) is 1. The van der Waals surface area contributed by atoms with Gasteiger partial charge < -0.3 is 5.41 Å². The Labute approximate surface area is 75.0 Å². The molecule has 1 unspecified atom stereocenters. The molecule has 0 rings (SSSR count). The lowest BCUT2D eigenvalue weighted by Gasteiger charge is -2.04. The van der Waals surface area contributed by atoms with Crippen LogP contribution in [-0.2, 0) is 0 Å². The summed E-state index contributed by atoms with van der Waals surface area (Å²) in [5.74, 6) is 0.498. The van der Waals surface area contributed by atoms with Gasteiger partial charge in [0.2, 0.25) is 0 Å². The number of hydrogen-bond donors (Lipinski definition) is 1. The van der Waals surface area contributed by atoms with Gasteiger partial charge in [0.15, 0.2) is 0 Å². The van der Waals surface area contributed by atoms with E-state index in [9.17, 15) is 0 Å². The van der Waals surface area contributed by atoms with Crippen LogP contribution < -0.4 is 0 Å². The minimum Gasteiger partial charge on any atom is -0.300 e. The van der Waals surface area contributed by atoms with E-state index >= 15 is 0 Å². The third-order valence-electron chi connectivity index (χ3n) is 1.84. The van der Waals surface area contributed by atoms with Crippen molar-refractivity contribution in [3.05, 3.63) is 37.0 Å². The fourth-order valence-corrected chi connectivity index (χ4v) is 0.810. The normalized spacial score (nSPS) is 13.7. The van der Waals surface area contributed by atoms with E-state index < -0.39 is 0 Å². The summed E-state index contributed by atoms with van der Waals surface area (Å²) in [4.78, 5) is 0. The Balaban J connectivity index is 4.53. The van der Waals surface area contributed by atoms with Crippen molar-refractivity contribution < 1.29 is 0 Å². The van der Waals surface area contributed by atoms with E-state index in [0.717, 1.165) is 12.0 Å². The van der Waals surface area contributed by atoms with Crippen molar-refractivity contribution in [3.63, 3.8) is 0 Å². The van der Waals surface area contributed by atoms with Gasteiger partial charge in [0, 0.05) is 0 Å². The van der Waals surface area contributed by atoms with Crippen LogP contribution in [0.3, 0.4) is 0 Å². The van der Waals surface area contributed by atoms with Gasteiger partial charge in [-0.05, 0) is 17.6 Å². The van der Waals surface area contributed by atoms with Crippen LogP contribution in [0.5, 0.6) is 0 Å². The van der Waals surface area contributed by atoms with Gasteiger partial charge >= 0.3 is 0 Å². The minimum absolute atomic E-state index is 0.449. The third kappa shape index (κ3) is 3.33. The third-order valence-corrected chi connectivity index (χ3v) is 1.84. The fraction of sp³-hybridized carbons (Fsp3) is 0.364. The molecule has 0 saturated heterocycles. The first-order chi connectivity index (χ1) is 5.65. The van der Waals surface area contributed by atoms with Crippen LogP contribution in [0, 0.1) is 11.3 Å². The van der Waals surface area contributed by atoms with Gasteiger partial charge in [0.05, 0.1) is 5.71 Å². The summed E-state index contributed by atoms with van der Waals surface area (Å²) in [6.45, 7) is 11.5. The molecule has 12 heavy (non-hydrogen) atoms. The topological polar surface area (TPSA) is 23.9 Å². The Morgan fingerprint density at radius 3 is 2.33 bits per heavy atom. The Bertz CT molecular complexity index is 211. The van der Waals surface area contributed by atoms with Crippen LogP contribution in [0.2, 0.25) is 0 Å². The highest BCUT2D eigenvalue weighted by Gasteiger charge is 1.99. The van der Waals surface area contributed by atoms with Crippen LogP contribution >= 0.6 is 0 Å². The smallest absolute Gasteiger partial charge is 0.0602 e. The van der Waals surface area contributed by atoms with Gasteiger partial charge in [-0.3, -0.25) is 0 Å². The molecule has 0 fully saturated rings. The molecule has 1 nitrogen and oxygen atoms in total. The second-order valence-electron chi connectivity index (χ2n) is 2.83. The van der Waals surface area contributed by atoms with Crippen molar-refractivity contribution in [1.82, 2.24) is 0 Å². The molecule has 0 amide bonds. The predicted octanol–water partition coefficient (Wildman–Crippen LogP) is 3.35. The predicted molar refractivity (Wildman–Crippen MR) is 55.7 cm³/mol. The SMILES string of the molecule is C=CC(=N)/C(C=C)=C\C(C)CC. The molecule has 0 radical (unpaired) electrons. The molecule has 1 atom stereocenters. The van der Waals surface area contributed by atoms with Crippen LogP contribution in [0.1, 0.15) is 20.3 Å². The van der Waals surface area contributed by atoms with E-state index in [1.165, 1.54) is 6.08 Å². The van der Waals surface area contributed by atoms with Crippen LogP contribution in [-0.4, -0.2) is 5.71 Å². The van der Waals surface area contributed by atoms with Crippen molar-refractivity contribution in [3.8, 4) is 0 Å². The maximum atomic E-state index is 7.51. The highest BCUT2D eigenvalue weighted by molar-refractivity contribution is 6.07. The summed E-state index contributed by atoms with van der Waals surface area (Å²) in [6, 6.07) is 0. The quantitative estimate of drug-likeness (QED) is 0.474. The standard InChI is InChI=1S/C11H17N/c1-5-9(4)8-10(6-2)11(12)7-3/h6-9,12H,2-3,5H2,1,4H3/b10-8-,12-11?. The number of allylic oxidation sites excluding steroid dienone is 4. The number of nitrogens with one attached hydrogen (secondary N) is 1. The molecule has 66 valence electrons. The maximum Gasteiger partial charge on any atom is 0.0602 e. The lowest BCUT2D eigenvalue weighted by molar-refractivity contribution is 0.696. The average molecular weight is 163 g/mol. The van der Waals surface area contributed by atoms with Crippen molar-refractivity contribution in [2.75, 3.05) is 0 Å². The summed E-state index contributed by atoms with van der Waals surface area (Å²) >= 11 is 0. The molecular weight excluding hydrogens is 146 g/mol. The Morgan fingerprint density at radius 2 is 2.00 bits per heavy atom. The fourth-order valence-electron chi connectivity index (χ4n) is 0.810. The van der Waals surface area contributed by atoms with Crippen LogP contribution in [0.25, 0.3) is 0 Å². The first kappa shape index (κ1) is 10.9. The van der Waals surface area contributed by atoms with Gasteiger partial charge in [-0.15, -0.1) is 0 Å². The molecule has 0 aliphatic carbocycles. The molecule has 0 aromatic carbocycles. The summed E-state index contributed by atoms with van der Waals surface area (Å²) in [6.07, 6.45) is 6.38. The van der Waals surface area contributed by atoms with E-state index in [0.29, 0.717) is 11.6 Å². The number of rotatable bonds is 5. The molecule has 0 aliphatic heterocycles. The molecule has 0 bridgehead atoms. The van der Waals surface area contributed by atoms with E-state index in [2.05, 4.69) is 33.1 Å². The van der Waals surface area contributed by atoms with E-state index in [1.54, 1.807) is 6.08 Å². The molecule has 0 aliphatic rings. The first-order valence-electron chi connectivity index (χ1n) is 4.21. The largest absolute Gasteiger partial charge is 0.300 e. The van der Waals surface area contributed by atoms with Gasteiger partial charge in [-0.25, -0.2) is 0 Å². The van der Waals surface area contributed by atoms with E-state index in [-0.39, 0.29) is 0 Å². The second kappa shape index (κ2) is 5.53. The monoisotopic (exact) mass is 163 g/mol. The second-order valence-corrected chi connectivity index (χ2v) is 2.83. The van der Waals surface area contributed by atoms with E-state index in [1.807, 2.05) is 0 Å². The molecule has 0 aromatic heterocycles. The van der Waals surface area contributed by atoms with Crippen LogP contribution in [0.15, 0.2) is 37.0 Å². The zero-order valence-corrected chi connectivity index (χ0v) is 7.93. The summed E-state index contributed by atoms with van der Waals surface area (Å²) in [5.41, 5.74) is 1.32. The lowest BCUT2D eigenvalue weighted by Crippen LogP contribution is -1.97. The minimum atomic E-state index is 0.449. The Hall–Kier alpha value is -1.11. The zero-order valence-electron chi connectivity index (χ0n) is 7.93. The Morgan fingerprint density at radius 1 is 1.42 bits per heavy atom. The van der Waals surface area contributed by atoms with Crippen molar-refractivity contribution >= 4 is 5.71 Å². The Kier molecular flexibility index (Phi) is 5.02. The van der Waals surface area contributed by atoms with Gasteiger partial charge in [0.1, 0.15) is 0 Å². The van der Waals surface area contributed by atoms with Gasteiger partial charge in [-0.2, -0.15) is 0 Å². The first-order valence-corrected chi connectivity index (χ1v) is 4.21. The molecule has 1 heteroatoms. The summed E-state index contributed by atoms with van der Waals surface area (Å²) in [5, 5.41) is 7.51. The van der Waals surface area contributed by atoms with E-state index in [4.69, 9.17) is 5.41 Å². The molecule has 0 saturated carbocycles. The average Bonchev–Trinajstić information content (AvgIpc) is 2.12. The molecule has 0 heterocycles.